The number of aromatic nitrogens is 4. The number of H-pyrrole nitrogens is 3. The van der Waals surface area contributed by atoms with Gasteiger partial charge in [-0.25, -0.2) is 4.98 Å². The van der Waals surface area contributed by atoms with Crippen molar-refractivity contribution in [3.63, 3.8) is 0 Å². The fourth-order valence-electron chi connectivity index (χ4n) is 16.3. The van der Waals surface area contributed by atoms with Crippen LogP contribution in [0.2, 0.25) is 0 Å². The van der Waals surface area contributed by atoms with Crippen LogP contribution in [0.25, 0.3) is 21.8 Å². The van der Waals surface area contributed by atoms with E-state index < -0.39 is 199 Å². The normalized spacial score (nSPS) is 24.7. The molecule has 6 heterocycles. The first-order valence-electron chi connectivity index (χ1n) is 43.7. The number of aromatic hydroxyl groups is 1. The quantitative estimate of drug-likeness (QED) is 0.0500. The number of nitrogens with one attached hydrogen (secondary N) is 13. The Morgan fingerprint density at radius 3 is 1.62 bits per heavy atom. The van der Waals surface area contributed by atoms with Crippen molar-refractivity contribution in [3.8, 4) is 5.75 Å². The van der Waals surface area contributed by atoms with E-state index in [1.165, 1.54) is 74.7 Å². The zero-order chi connectivity index (χ0) is 92.5. The first-order chi connectivity index (χ1) is 60.5. The fraction of sp³-hybridized carbons (Fsp3) is 0.539. The van der Waals surface area contributed by atoms with Gasteiger partial charge in [-0.05, 0) is 105 Å². The molecule has 17 N–H and O–H groups in total. The number of aliphatic hydroxyl groups is 1. The number of hydrogen-bond donors (Lipinski definition) is 16. The SMILES string of the molecule is CCCC[C@H]1C(=O)N(C)[C@@H](CCCC)C(=O)N[C@@H](CC(C)C)C(=O)NCCCC(=O)NCC(=O)N[C@@H](Cc2ccc(O)cc2)C(=O)N(C)[C@@H](C)C(=O)N[C@@H](CC(N)=O)C(=O)N2CCCC2C(=O)N[C@@H](Cc2c[nH]cn2)C(=O)N[C@@H](CC(C)C)C(=O)N2C[C@H](O)C[C@H]2C(=O)N[C@@H](Cc2c[nH]c3ccccc23)C(=O)NCC(=O)N[C@@H](Cc2c[nH]c3ccccc23)C(=O)N1C. The van der Waals surface area contributed by atoms with Gasteiger partial charge in [-0.15, -0.1) is 0 Å². The number of amides is 16. The molecule has 1 unspecified atom stereocenters. The summed E-state index contributed by atoms with van der Waals surface area (Å²) in [6, 6.07) is 3.36. The average Bonchev–Trinajstić information content (AvgIpc) is 1.72. The summed E-state index contributed by atoms with van der Waals surface area (Å²) in [4.78, 5) is 253. The predicted octanol–water partition coefficient (Wildman–Crippen LogP) is 0.686. The van der Waals surface area contributed by atoms with Gasteiger partial charge >= 0.3 is 0 Å². The number of rotatable bonds is 20. The molecule has 38 heteroatoms. The van der Waals surface area contributed by atoms with Crippen molar-refractivity contribution >= 4 is 116 Å². The zero-order valence-electron chi connectivity index (χ0n) is 73.8. The van der Waals surface area contributed by atoms with E-state index in [-0.39, 0.29) is 120 Å². The number of aliphatic hydroxyl groups excluding tert-OH is 1. The number of hydrogen-bond acceptors (Lipinski definition) is 19. The number of para-hydroxylation sites is 2. The second-order valence-corrected chi connectivity index (χ2v) is 34.1. The fourth-order valence-corrected chi connectivity index (χ4v) is 16.3. The summed E-state index contributed by atoms with van der Waals surface area (Å²) in [6.07, 6.45) is 5.46. The molecule has 6 aromatic rings. The number of nitrogens with zero attached hydrogens (tertiary/aromatic N) is 6. The van der Waals surface area contributed by atoms with Crippen LogP contribution in [0.1, 0.15) is 161 Å². The Balaban J connectivity index is 1.04. The highest BCUT2D eigenvalue weighted by atomic mass is 16.3. The number of phenolic OH excluding ortho intramolecular Hbond substituents is 1. The van der Waals surface area contributed by atoms with Gasteiger partial charge in [-0.3, -0.25) is 76.7 Å². The standard InChI is InChI=1S/C89H124N20O18/c1-11-13-25-70-82(120)100-63(35-50(3)4)79(117)92-33-19-28-75(113)95-46-76(114)98-67(37-53-29-31-57(110)32-30-53)85(123)105(8)52(7)78(116)103-69(42-74(90)112)87(125)108-34-20-27-71(108)83(121)102-65(40-56-45-91-49-97-56)81(119)104-66(36-51(5)6)88(126)109-48-58(111)41-73(109)84(122)101-64(38-54-43-93-61-23-17-15-21-59(54)61)80(118)96-47-77(115)99-68(39-55-44-94-62-24-18-16-22-60(55)62)86(124)107(10)72(26-14-12-2)89(127)106(70)9/h15-18,21-24,29-32,43-45,49-52,58,63-73,93-94,110-111H,11-14,19-20,25-28,33-42,46-48H2,1-10H3,(H2,90,112)(H,91,97)(H,92,117)(H,95,113)(H,96,118)(H,98,114)(H,99,115)(H,100,120)(H,101,122)(H,102,121)(H,103,116)(H,104,119)/t52-,58+,63-,64-,65-,66-,67-,68-,69-,70-,71?,72-,73-/m0/s1. The van der Waals surface area contributed by atoms with Crippen molar-refractivity contribution in [2.24, 2.45) is 17.6 Å². The van der Waals surface area contributed by atoms with Crippen LogP contribution in [0, 0.1) is 11.8 Å². The van der Waals surface area contributed by atoms with Gasteiger partial charge in [0.15, 0.2) is 0 Å². The Bertz CT molecular complexity index is 4880. The summed E-state index contributed by atoms with van der Waals surface area (Å²) >= 11 is 0. The van der Waals surface area contributed by atoms with E-state index in [1.54, 1.807) is 56.6 Å². The van der Waals surface area contributed by atoms with Crippen LogP contribution in [0.5, 0.6) is 5.75 Å². The van der Waals surface area contributed by atoms with Gasteiger partial charge in [-0.1, -0.05) is 116 Å². The Morgan fingerprint density at radius 2 is 1.02 bits per heavy atom. The summed E-state index contributed by atoms with van der Waals surface area (Å²) in [5.41, 5.74) is 9.00. The molecule has 9 rings (SSSR count). The van der Waals surface area contributed by atoms with E-state index in [1.807, 2.05) is 45.9 Å². The molecule has 0 bridgehead atoms. The topological polar surface area (TPSA) is 536 Å². The van der Waals surface area contributed by atoms with Gasteiger partial charge < -0.3 is 109 Å². The molecule has 3 aromatic carbocycles. The molecular weight excluding hydrogens is 1640 g/mol. The molecule has 13 atom stereocenters. The summed E-state index contributed by atoms with van der Waals surface area (Å²) in [7, 11) is 4.14. The van der Waals surface area contributed by atoms with Crippen LogP contribution in [-0.2, 0) is 102 Å². The first-order valence-corrected chi connectivity index (χ1v) is 43.7. The third kappa shape index (κ3) is 27.1. The van der Waals surface area contributed by atoms with Crippen LogP contribution < -0.4 is 58.9 Å². The van der Waals surface area contributed by atoms with E-state index in [9.17, 15) is 63.0 Å². The van der Waals surface area contributed by atoms with Crippen molar-refractivity contribution in [1.82, 2.24) is 97.6 Å². The Labute approximate surface area is 737 Å². The molecule has 0 aliphatic carbocycles. The molecule has 38 nitrogen and oxygen atoms in total. The van der Waals surface area contributed by atoms with Crippen LogP contribution in [0.15, 0.2) is 97.7 Å². The predicted molar refractivity (Wildman–Crippen MR) is 468 cm³/mol. The van der Waals surface area contributed by atoms with E-state index in [0.29, 0.717) is 53.3 Å². The number of likely N-dealkylation sites (N-methyl/N-ethyl adjacent to an activating group) is 3. The van der Waals surface area contributed by atoms with Crippen molar-refractivity contribution in [1.29, 1.82) is 0 Å². The van der Waals surface area contributed by atoms with Gasteiger partial charge in [0.1, 0.15) is 78.3 Å². The lowest BCUT2D eigenvalue weighted by Gasteiger charge is -2.36. The number of carbonyl (C=O) groups excluding carboxylic acids is 16. The molecule has 3 aliphatic rings. The summed E-state index contributed by atoms with van der Waals surface area (Å²) in [5.74, 6) is -13.6. The molecule has 16 amide bonds. The van der Waals surface area contributed by atoms with Crippen LogP contribution in [-0.4, -0.2) is 282 Å². The maximum atomic E-state index is 15.5. The largest absolute Gasteiger partial charge is 0.508 e. The molecule has 0 saturated carbocycles. The van der Waals surface area contributed by atoms with Crippen LogP contribution >= 0.6 is 0 Å². The highest BCUT2D eigenvalue weighted by Gasteiger charge is 2.46. The molecule has 0 spiro atoms. The summed E-state index contributed by atoms with van der Waals surface area (Å²) in [5, 5.41) is 50.1. The van der Waals surface area contributed by atoms with E-state index in [0.717, 1.165) is 25.6 Å². The molecule has 0 radical (unpaired) electrons. The first kappa shape index (κ1) is 98.0. The van der Waals surface area contributed by atoms with E-state index in [4.69, 9.17) is 5.73 Å². The third-order valence-corrected chi connectivity index (χ3v) is 23.4. The molecule has 688 valence electrons. The zero-order valence-corrected chi connectivity index (χ0v) is 73.8. The number of phenols is 1. The summed E-state index contributed by atoms with van der Waals surface area (Å²) in [6.45, 7) is 10.4. The molecule has 127 heavy (non-hydrogen) atoms. The van der Waals surface area contributed by atoms with Gasteiger partial charge in [0.05, 0.1) is 37.6 Å². The number of unbranched alkanes of at least 4 members (excludes halogenated alkanes) is 2. The smallest absolute Gasteiger partial charge is 0.246 e. The minimum Gasteiger partial charge on any atom is -0.508 e. The molecular formula is C89H124N20O18. The molecule has 3 saturated heterocycles. The molecule has 3 aliphatic heterocycles. The highest BCUT2D eigenvalue weighted by molar-refractivity contribution is 6.02. The van der Waals surface area contributed by atoms with E-state index >= 15 is 24.0 Å². The number of carbonyl (C=O) groups is 16. The second-order valence-electron chi connectivity index (χ2n) is 34.1. The monoisotopic (exact) mass is 1760 g/mol. The number of imidazole rings is 1. The number of fused-ring (bicyclic) bond motifs is 4. The van der Waals surface area contributed by atoms with Crippen molar-refractivity contribution in [3.05, 3.63) is 120 Å². The number of primary amides is 1. The van der Waals surface area contributed by atoms with Crippen LogP contribution in [0.4, 0.5) is 0 Å². The lowest BCUT2D eigenvalue weighted by molar-refractivity contribution is -0.149. The lowest BCUT2D eigenvalue weighted by atomic mass is 9.99. The number of aromatic amines is 3. The van der Waals surface area contributed by atoms with Gasteiger partial charge in [-0.2, -0.15) is 0 Å². The lowest BCUT2D eigenvalue weighted by Crippen LogP contribution is -2.60. The van der Waals surface area contributed by atoms with Gasteiger partial charge in [0.2, 0.25) is 94.5 Å². The number of benzene rings is 3. The van der Waals surface area contributed by atoms with Gasteiger partial charge in [0.25, 0.3) is 0 Å². The highest BCUT2D eigenvalue weighted by Crippen LogP contribution is 2.28. The van der Waals surface area contributed by atoms with Crippen molar-refractivity contribution in [2.45, 2.75) is 243 Å². The minimum atomic E-state index is -1.73. The molecule has 3 aromatic heterocycles. The Hall–Kier alpha value is -12.8. The Kier molecular flexibility index (Phi) is 35.9. The summed E-state index contributed by atoms with van der Waals surface area (Å²) < 4.78 is 0. The molecule has 3 fully saturated rings. The van der Waals surface area contributed by atoms with Crippen LogP contribution in [0.3, 0.4) is 0 Å². The minimum absolute atomic E-state index is 0.0176. The van der Waals surface area contributed by atoms with Gasteiger partial charge in [0, 0.05) is 120 Å². The van der Waals surface area contributed by atoms with Crippen molar-refractivity contribution in [2.75, 3.05) is 53.9 Å². The average molecular weight is 1760 g/mol. The Morgan fingerprint density at radius 1 is 0.504 bits per heavy atom. The van der Waals surface area contributed by atoms with Crippen molar-refractivity contribution < 1.29 is 86.9 Å². The number of nitrogens with two attached hydrogens (primary N) is 1. The maximum absolute atomic E-state index is 15.5. The second kappa shape index (κ2) is 46.4. The maximum Gasteiger partial charge on any atom is 0.246 e. The van der Waals surface area contributed by atoms with E-state index in [2.05, 4.69) is 73.1 Å². The third-order valence-electron chi connectivity index (χ3n) is 23.4.